The number of aliphatic hydroxyl groups excluding tert-OH is 1. The maximum atomic E-state index is 12.4. The molecule has 10 heteroatoms. The van der Waals surface area contributed by atoms with Crippen LogP contribution < -0.4 is 10.6 Å². The van der Waals surface area contributed by atoms with Crippen LogP contribution in [0, 0.1) is 0 Å². The van der Waals surface area contributed by atoms with E-state index in [0.717, 1.165) is 27.1 Å². The Morgan fingerprint density at radius 1 is 1.06 bits per heavy atom. The van der Waals surface area contributed by atoms with Crippen molar-refractivity contribution in [2.24, 2.45) is 0 Å². The fourth-order valence-corrected chi connectivity index (χ4v) is 4.83. The first-order chi connectivity index (χ1) is 16.9. The lowest BCUT2D eigenvalue weighted by Gasteiger charge is -2.14. The van der Waals surface area contributed by atoms with Crippen molar-refractivity contribution in [1.29, 1.82) is 0 Å². The molecule has 1 aliphatic carbocycles. The molecule has 1 unspecified atom stereocenters. The molecule has 0 radical (unpaired) electrons. The molecular weight excluding hydrogens is 470 g/mol. The summed E-state index contributed by atoms with van der Waals surface area (Å²) in [5.41, 5.74) is 4.57. The molecule has 2 amide bonds. The third kappa shape index (κ3) is 6.23. The van der Waals surface area contributed by atoms with Crippen LogP contribution in [0.4, 0.5) is 9.93 Å². The predicted molar refractivity (Wildman–Crippen MR) is 130 cm³/mol. The van der Waals surface area contributed by atoms with Crippen LogP contribution in [-0.2, 0) is 20.7 Å². The zero-order valence-corrected chi connectivity index (χ0v) is 19.6. The molecule has 4 N–H and O–H groups in total. The van der Waals surface area contributed by atoms with Gasteiger partial charge >= 0.3 is 12.1 Å². The van der Waals surface area contributed by atoms with Crippen LogP contribution in [0.25, 0.3) is 11.1 Å². The van der Waals surface area contributed by atoms with Crippen molar-refractivity contribution < 1.29 is 29.3 Å². The molecule has 0 bridgehead atoms. The number of nitrogens with zero attached hydrogens (tertiary/aromatic N) is 1. The second-order valence-electron chi connectivity index (χ2n) is 8.14. The number of benzene rings is 2. The number of aliphatic carboxylic acids is 1. The van der Waals surface area contributed by atoms with Crippen LogP contribution in [0.15, 0.2) is 54.7 Å². The van der Waals surface area contributed by atoms with Crippen LogP contribution in [0.3, 0.4) is 0 Å². The van der Waals surface area contributed by atoms with Gasteiger partial charge in [0.2, 0.25) is 5.91 Å². The lowest BCUT2D eigenvalue weighted by Crippen LogP contribution is -2.33. The van der Waals surface area contributed by atoms with Gasteiger partial charge in [0, 0.05) is 30.0 Å². The molecule has 182 valence electrons. The third-order valence-corrected chi connectivity index (χ3v) is 6.62. The number of carbonyl (C=O) groups is 3. The number of amides is 2. The number of anilines is 1. The van der Waals surface area contributed by atoms with Gasteiger partial charge < -0.3 is 20.3 Å². The normalized spacial score (nSPS) is 12.9. The standard InChI is InChI=1S/C25H25N3O6S/c29-15(11-23(31)32)12-26-22(30)10-9-16-13-27-24(35-16)28-25(33)34-14-21-19-7-3-1-5-17(19)18-6-2-4-8-20(18)21/h1-8,13,15,21,29H,9-12,14H2,(H,26,30)(H,31,32)(H,27,28,33). The number of aliphatic hydroxyl groups is 1. The number of aromatic nitrogens is 1. The molecule has 4 rings (SSSR count). The summed E-state index contributed by atoms with van der Waals surface area (Å²) in [5, 5.41) is 23.6. The van der Waals surface area contributed by atoms with Crippen LogP contribution in [0.1, 0.15) is 34.8 Å². The van der Waals surface area contributed by atoms with Gasteiger partial charge in [-0.15, -0.1) is 11.3 Å². The number of carboxylic acids is 1. The van der Waals surface area contributed by atoms with Crippen molar-refractivity contribution >= 4 is 34.4 Å². The fraction of sp³-hybridized carbons (Fsp3) is 0.280. The van der Waals surface area contributed by atoms with E-state index in [-0.39, 0.29) is 31.4 Å². The van der Waals surface area contributed by atoms with E-state index in [9.17, 15) is 19.5 Å². The van der Waals surface area contributed by atoms with Crippen molar-refractivity contribution in [3.05, 3.63) is 70.7 Å². The minimum absolute atomic E-state index is 0.0347. The number of rotatable bonds is 10. The maximum Gasteiger partial charge on any atom is 0.413 e. The number of carboxylic acid groups (broad SMARTS) is 1. The second-order valence-corrected chi connectivity index (χ2v) is 9.25. The average molecular weight is 496 g/mol. The molecule has 0 saturated carbocycles. The highest BCUT2D eigenvalue weighted by molar-refractivity contribution is 7.15. The average Bonchev–Trinajstić information content (AvgIpc) is 3.41. The van der Waals surface area contributed by atoms with E-state index in [1.165, 1.54) is 11.3 Å². The van der Waals surface area contributed by atoms with E-state index in [0.29, 0.717) is 11.6 Å². The maximum absolute atomic E-state index is 12.4. The summed E-state index contributed by atoms with van der Waals surface area (Å²) in [5.74, 6) is -1.48. The Bertz CT molecular complexity index is 1180. The Kier molecular flexibility index (Phi) is 7.74. The van der Waals surface area contributed by atoms with Gasteiger partial charge in [-0.3, -0.25) is 14.9 Å². The van der Waals surface area contributed by atoms with Gasteiger partial charge in [0.25, 0.3) is 0 Å². The first kappa shape index (κ1) is 24.4. The summed E-state index contributed by atoms with van der Waals surface area (Å²) in [6.07, 6.45) is -0.0427. The fourth-order valence-electron chi connectivity index (χ4n) is 4.03. The number of carbonyl (C=O) groups excluding carboxylic acids is 2. The number of nitrogens with one attached hydrogen (secondary N) is 2. The van der Waals surface area contributed by atoms with E-state index in [2.05, 4.69) is 39.9 Å². The van der Waals surface area contributed by atoms with E-state index >= 15 is 0 Å². The van der Waals surface area contributed by atoms with E-state index in [1.807, 2.05) is 24.3 Å². The SMILES string of the molecule is O=C(O)CC(O)CNC(=O)CCc1cnc(NC(=O)OCC2c3ccccc3-c3ccccc32)s1. The molecule has 0 fully saturated rings. The minimum Gasteiger partial charge on any atom is -0.481 e. The molecule has 1 heterocycles. The van der Waals surface area contributed by atoms with Crippen molar-refractivity contribution in [2.75, 3.05) is 18.5 Å². The lowest BCUT2D eigenvalue weighted by atomic mass is 9.98. The molecule has 0 aliphatic heterocycles. The highest BCUT2D eigenvalue weighted by Crippen LogP contribution is 2.44. The molecule has 1 atom stereocenters. The molecule has 2 aromatic carbocycles. The number of aryl methyl sites for hydroxylation is 1. The van der Waals surface area contributed by atoms with Gasteiger partial charge in [-0.1, -0.05) is 48.5 Å². The Morgan fingerprint density at radius 3 is 2.37 bits per heavy atom. The van der Waals surface area contributed by atoms with Gasteiger partial charge in [0.15, 0.2) is 5.13 Å². The molecule has 0 spiro atoms. The van der Waals surface area contributed by atoms with Crippen molar-refractivity contribution in [3.8, 4) is 11.1 Å². The van der Waals surface area contributed by atoms with Gasteiger partial charge in [0.05, 0.1) is 12.5 Å². The number of ether oxygens (including phenoxy) is 1. The Morgan fingerprint density at radius 2 is 1.71 bits per heavy atom. The summed E-state index contributed by atoms with van der Waals surface area (Å²) in [6.45, 7) is 0.0778. The number of thiazole rings is 1. The van der Waals surface area contributed by atoms with Crippen molar-refractivity contribution in [3.63, 3.8) is 0 Å². The van der Waals surface area contributed by atoms with E-state index in [1.54, 1.807) is 6.20 Å². The first-order valence-corrected chi connectivity index (χ1v) is 12.0. The summed E-state index contributed by atoms with van der Waals surface area (Å²) in [7, 11) is 0. The van der Waals surface area contributed by atoms with Gasteiger partial charge in [-0.2, -0.15) is 0 Å². The first-order valence-electron chi connectivity index (χ1n) is 11.1. The van der Waals surface area contributed by atoms with Gasteiger partial charge in [0.1, 0.15) is 6.61 Å². The summed E-state index contributed by atoms with van der Waals surface area (Å²) >= 11 is 1.24. The van der Waals surface area contributed by atoms with Crippen molar-refractivity contribution in [2.45, 2.75) is 31.3 Å². The number of hydrogen-bond donors (Lipinski definition) is 4. The van der Waals surface area contributed by atoms with Crippen molar-refractivity contribution in [1.82, 2.24) is 10.3 Å². The number of fused-ring (bicyclic) bond motifs is 3. The summed E-state index contributed by atoms with van der Waals surface area (Å²) in [4.78, 5) is 39.8. The molecule has 1 aliphatic rings. The Balaban J connectivity index is 1.24. The zero-order valence-electron chi connectivity index (χ0n) is 18.8. The molecule has 1 aromatic heterocycles. The Hall–Kier alpha value is -3.76. The van der Waals surface area contributed by atoms with Gasteiger partial charge in [-0.25, -0.2) is 9.78 Å². The highest BCUT2D eigenvalue weighted by Gasteiger charge is 2.29. The molecule has 9 nitrogen and oxygen atoms in total. The minimum atomic E-state index is -1.13. The second kappa shape index (κ2) is 11.1. The third-order valence-electron chi connectivity index (χ3n) is 5.65. The van der Waals surface area contributed by atoms with Gasteiger partial charge in [-0.05, 0) is 28.7 Å². The lowest BCUT2D eigenvalue weighted by molar-refractivity contribution is -0.139. The number of hydrogen-bond acceptors (Lipinski definition) is 7. The predicted octanol–water partition coefficient (Wildman–Crippen LogP) is 3.39. The summed E-state index contributed by atoms with van der Waals surface area (Å²) < 4.78 is 5.52. The Labute approximate surface area is 205 Å². The van der Waals surface area contributed by atoms with E-state index < -0.39 is 24.6 Å². The molecule has 3 aromatic rings. The quantitative estimate of drug-likeness (QED) is 0.338. The largest absolute Gasteiger partial charge is 0.481 e. The van der Waals surface area contributed by atoms with Crippen LogP contribution in [0.5, 0.6) is 0 Å². The van der Waals surface area contributed by atoms with Crippen LogP contribution >= 0.6 is 11.3 Å². The smallest absolute Gasteiger partial charge is 0.413 e. The molecule has 35 heavy (non-hydrogen) atoms. The summed E-state index contributed by atoms with van der Waals surface area (Å²) in [6, 6.07) is 16.2. The molecule has 0 saturated heterocycles. The van der Waals surface area contributed by atoms with Crippen LogP contribution in [-0.4, -0.2) is 52.4 Å². The van der Waals surface area contributed by atoms with Crippen LogP contribution in [0.2, 0.25) is 0 Å². The monoisotopic (exact) mass is 495 g/mol. The topological polar surface area (TPSA) is 138 Å². The zero-order chi connectivity index (χ0) is 24.8. The highest BCUT2D eigenvalue weighted by atomic mass is 32.1. The molecular formula is C25H25N3O6S. The van der Waals surface area contributed by atoms with E-state index in [4.69, 9.17) is 9.84 Å².